The van der Waals surface area contributed by atoms with Crippen molar-refractivity contribution in [1.82, 2.24) is 4.90 Å². The summed E-state index contributed by atoms with van der Waals surface area (Å²) in [6, 6.07) is 16.4. The lowest BCUT2D eigenvalue weighted by atomic mass is 10.1. The van der Waals surface area contributed by atoms with E-state index in [0.29, 0.717) is 30.8 Å². The van der Waals surface area contributed by atoms with Gasteiger partial charge in [-0.05, 0) is 69.7 Å². The van der Waals surface area contributed by atoms with E-state index < -0.39 is 21.8 Å². The van der Waals surface area contributed by atoms with E-state index in [1.807, 2.05) is 38.7 Å². The third-order valence-corrected chi connectivity index (χ3v) is 7.92. The van der Waals surface area contributed by atoms with Crippen molar-refractivity contribution < 1.29 is 26.6 Å². The largest absolute Gasteiger partial charge is 0.379 e. The van der Waals surface area contributed by atoms with E-state index in [0.717, 1.165) is 5.69 Å². The molecule has 1 atom stereocenters. The number of carbonyl (C=O) groups excluding carboxylic acids is 2. The van der Waals surface area contributed by atoms with Gasteiger partial charge in [0, 0.05) is 55.6 Å². The van der Waals surface area contributed by atoms with Gasteiger partial charge in [-0.15, -0.1) is 0 Å². The maximum atomic E-state index is 14.5. The monoisotopic (exact) mass is 569 g/mol. The normalized spacial score (nSPS) is 11.9. The van der Waals surface area contributed by atoms with Crippen LogP contribution in [0, 0.1) is 5.82 Å². The number of nitrogens with zero attached hydrogens (tertiary/aromatic N) is 2. The molecule has 0 saturated heterocycles. The van der Waals surface area contributed by atoms with Gasteiger partial charge >= 0.3 is 10.1 Å². The molecule has 3 aromatic rings. The lowest BCUT2D eigenvalue weighted by Crippen LogP contribution is -2.38. The molecule has 0 fully saturated rings. The number of halogens is 1. The minimum Gasteiger partial charge on any atom is -0.379 e. The van der Waals surface area contributed by atoms with Gasteiger partial charge in [-0.3, -0.25) is 9.59 Å². The summed E-state index contributed by atoms with van der Waals surface area (Å²) in [6.45, 7) is 10.5. The van der Waals surface area contributed by atoms with Crippen LogP contribution in [0.25, 0.3) is 0 Å². The molecule has 0 unspecified atom stereocenters. The Labute approximate surface area is 235 Å². The molecule has 3 rings (SSSR count). The van der Waals surface area contributed by atoms with Crippen LogP contribution in [0.2, 0.25) is 0 Å². The van der Waals surface area contributed by atoms with Gasteiger partial charge in [0.15, 0.2) is 0 Å². The number of hydrogen-bond acceptors (Lipinski definition) is 6. The molecule has 0 radical (unpaired) electrons. The van der Waals surface area contributed by atoms with Crippen LogP contribution in [0.1, 0.15) is 57.0 Å². The topological polar surface area (TPSA) is 96.0 Å². The molecule has 214 valence electrons. The third-order valence-electron chi connectivity index (χ3n) is 6.67. The number of carbonyl (C=O) groups is 2. The second kappa shape index (κ2) is 13.4. The van der Waals surface area contributed by atoms with Crippen LogP contribution < -0.4 is 14.4 Å². The van der Waals surface area contributed by atoms with Crippen LogP contribution in [-0.2, 0) is 21.5 Å². The molecular formula is C30H36FN3O5S. The Morgan fingerprint density at radius 1 is 0.975 bits per heavy atom. The zero-order valence-electron chi connectivity index (χ0n) is 23.5. The first-order valence-electron chi connectivity index (χ1n) is 13.3. The zero-order chi connectivity index (χ0) is 29.4. The molecule has 1 N–H and O–H groups in total. The van der Waals surface area contributed by atoms with Crippen molar-refractivity contribution in [2.45, 2.75) is 58.5 Å². The van der Waals surface area contributed by atoms with Crippen LogP contribution in [0.5, 0.6) is 5.75 Å². The van der Waals surface area contributed by atoms with Crippen LogP contribution in [0.3, 0.4) is 0 Å². The van der Waals surface area contributed by atoms with Crippen molar-refractivity contribution in [2.75, 3.05) is 23.3 Å². The van der Waals surface area contributed by atoms with Gasteiger partial charge in [0.25, 0.3) is 5.91 Å². The average Bonchev–Trinajstić information content (AvgIpc) is 2.92. The predicted octanol–water partition coefficient (Wildman–Crippen LogP) is 5.84. The van der Waals surface area contributed by atoms with Gasteiger partial charge in [0.05, 0.1) is 5.56 Å². The molecule has 0 aliphatic rings. The maximum absolute atomic E-state index is 14.5. The molecule has 0 spiro atoms. The highest BCUT2D eigenvalue weighted by Crippen LogP contribution is 2.31. The summed E-state index contributed by atoms with van der Waals surface area (Å²) >= 11 is 0. The van der Waals surface area contributed by atoms with Gasteiger partial charge in [0.1, 0.15) is 16.5 Å². The summed E-state index contributed by atoms with van der Waals surface area (Å²) in [5.41, 5.74) is 1.61. The Hall–Kier alpha value is -3.92. The first-order chi connectivity index (χ1) is 19.0. The van der Waals surface area contributed by atoms with E-state index in [2.05, 4.69) is 5.32 Å². The first-order valence-corrected chi connectivity index (χ1v) is 14.7. The molecule has 0 saturated carbocycles. The molecule has 2 amide bonds. The maximum Gasteiger partial charge on any atom is 0.339 e. The van der Waals surface area contributed by atoms with Crippen molar-refractivity contribution >= 4 is 33.3 Å². The molecule has 0 aliphatic carbocycles. The second-order valence-corrected chi connectivity index (χ2v) is 10.9. The van der Waals surface area contributed by atoms with Crippen LogP contribution in [0.15, 0.2) is 71.6 Å². The highest BCUT2D eigenvalue weighted by molar-refractivity contribution is 7.87. The van der Waals surface area contributed by atoms with E-state index in [4.69, 9.17) is 4.18 Å². The molecular weight excluding hydrogens is 533 g/mol. The summed E-state index contributed by atoms with van der Waals surface area (Å²) in [7, 11) is -4.27. The molecule has 0 bridgehead atoms. The smallest absolute Gasteiger partial charge is 0.339 e. The average molecular weight is 570 g/mol. The highest BCUT2D eigenvalue weighted by Gasteiger charge is 2.26. The third kappa shape index (κ3) is 7.38. The lowest BCUT2D eigenvalue weighted by molar-refractivity contribution is -0.114. The Balaban J connectivity index is 2.04. The van der Waals surface area contributed by atoms with Crippen molar-refractivity contribution in [3.63, 3.8) is 0 Å². The van der Waals surface area contributed by atoms with E-state index in [1.54, 1.807) is 18.2 Å². The number of anilines is 2. The minimum atomic E-state index is -4.27. The molecule has 10 heteroatoms. The van der Waals surface area contributed by atoms with E-state index >= 15 is 0 Å². The summed E-state index contributed by atoms with van der Waals surface area (Å²) in [5.74, 6) is -1.33. The Morgan fingerprint density at radius 3 is 2.20 bits per heavy atom. The van der Waals surface area contributed by atoms with Gasteiger partial charge in [-0.25, -0.2) is 4.39 Å². The van der Waals surface area contributed by atoms with Crippen molar-refractivity contribution in [2.24, 2.45) is 0 Å². The van der Waals surface area contributed by atoms with Crippen LogP contribution in [-0.4, -0.2) is 44.3 Å². The molecule has 3 aromatic carbocycles. The lowest BCUT2D eigenvalue weighted by Gasteiger charge is -2.30. The fourth-order valence-corrected chi connectivity index (χ4v) is 5.19. The summed E-state index contributed by atoms with van der Waals surface area (Å²) in [6.07, 6.45) is 0.604. The standard InChI is InChI=1S/C30H36FN3O5S/c1-6-21(4)34(30(36)27-11-9-10-12-28(27)31)20-23-13-16-25(33(7-2)8-3)19-29(23)39-40(37,38)26-17-14-24(15-18-26)32-22(5)35/h9-19,21H,6-8,20H2,1-5H3,(H,32,35)/t21-/m1/s1. The molecule has 8 nitrogen and oxygen atoms in total. The Bertz CT molecular complexity index is 1440. The van der Waals surface area contributed by atoms with Crippen LogP contribution >= 0.6 is 0 Å². The first kappa shape index (κ1) is 30.6. The van der Waals surface area contributed by atoms with Gasteiger partial charge in [-0.2, -0.15) is 8.42 Å². The summed E-state index contributed by atoms with van der Waals surface area (Å²) in [4.78, 5) is 28.2. The number of nitrogens with one attached hydrogen (secondary N) is 1. The number of rotatable bonds is 12. The number of benzene rings is 3. The molecule has 0 aromatic heterocycles. The fraction of sp³-hybridized carbons (Fsp3) is 0.333. The Morgan fingerprint density at radius 2 is 1.62 bits per heavy atom. The Kier molecular flexibility index (Phi) is 10.3. The summed E-state index contributed by atoms with van der Waals surface area (Å²) in [5, 5.41) is 2.60. The SMILES string of the molecule is CC[C@@H](C)N(Cc1ccc(N(CC)CC)cc1OS(=O)(=O)c1ccc(NC(C)=O)cc1)C(=O)c1ccccc1F. The fourth-order valence-electron chi connectivity index (χ4n) is 4.23. The van der Waals surface area contributed by atoms with Gasteiger partial charge in [0.2, 0.25) is 5.91 Å². The highest BCUT2D eigenvalue weighted by atomic mass is 32.2. The van der Waals surface area contributed by atoms with Crippen molar-refractivity contribution in [1.29, 1.82) is 0 Å². The molecule has 40 heavy (non-hydrogen) atoms. The van der Waals surface area contributed by atoms with Crippen molar-refractivity contribution in [3.8, 4) is 5.75 Å². The van der Waals surface area contributed by atoms with Crippen LogP contribution in [0.4, 0.5) is 15.8 Å². The second-order valence-electron chi connectivity index (χ2n) is 9.38. The molecule has 0 aliphatic heterocycles. The summed E-state index contributed by atoms with van der Waals surface area (Å²) < 4.78 is 46.9. The number of amides is 2. The minimum absolute atomic E-state index is 0.00697. The zero-order valence-corrected chi connectivity index (χ0v) is 24.3. The number of hydrogen-bond donors (Lipinski definition) is 1. The van der Waals surface area contributed by atoms with Gasteiger partial charge < -0.3 is 19.3 Å². The quantitative estimate of drug-likeness (QED) is 0.276. The molecule has 0 heterocycles. The van der Waals surface area contributed by atoms with Crippen molar-refractivity contribution in [3.05, 3.63) is 83.7 Å². The van der Waals surface area contributed by atoms with E-state index in [-0.39, 0.29) is 34.7 Å². The van der Waals surface area contributed by atoms with E-state index in [9.17, 15) is 22.4 Å². The van der Waals surface area contributed by atoms with Gasteiger partial charge in [-0.1, -0.05) is 25.1 Å². The predicted molar refractivity (Wildman–Crippen MR) is 155 cm³/mol. The van der Waals surface area contributed by atoms with E-state index in [1.165, 1.54) is 54.3 Å².